The van der Waals surface area contributed by atoms with E-state index in [1.807, 2.05) is 13.8 Å². The number of benzene rings is 1. The molecule has 0 aliphatic heterocycles. The number of nitrogens with zero attached hydrogens (tertiary/aromatic N) is 3. The summed E-state index contributed by atoms with van der Waals surface area (Å²) in [6, 6.07) is 6.78. The van der Waals surface area contributed by atoms with Crippen LogP contribution in [0, 0.1) is 13.8 Å². The Hall–Kier alpha value is -2.65. The van der Waals surface area contributed by atoms with Crippen molar-refractivity contribution >= 4 is 56.6 Å². The Bertz CT molecular complexity index is 1040. The number of thioether (sulfide) groups is 1. The lowest BCUT2D eigenvalue weighted by atomic mass is 10.2. The number of thiophene rings is 1. The maximum atomic E-state index is 12.2. The third-order valence-electron chi connectivity index (χ3n) is 4.19. The fraction of sp³-hybridized carbons (Fsp3) is 0.263. The first kappa shape index (κ1) is 20.1. The van der Waals surface area contributed by atoms with Crippen LogP contribution in [0.15, 0.2) is 29.4 Å². The van der Waals surface area contributed by atoms with Gasteiger partial charge in [0.15, 0.2) is 5.16 Å². The summed E-state index contributed by atoms with van der Waals surface area (Å²) in [5.41, 5.74) is 8.36. The van der Waals surface area contributed by atoms with E-state index in [9.17, 15) is 9.59 Å². The summed E-state index contributed by atoms with van der Waals surface area (Å²) in [6.45, 7) is 4.03. The number of amides is 2. The van der Waals surface area contributed by atoms with Crippen molar-refractivity contribution in [1.29, 1.82) is 0 Å². The molecule has 0 aliphatic carbocycles. The molecule has 0 bridgehead atoms. The number of hydrogen-bond donors (Lipinski definition) is 2. The number of nitrogens with one attached hydrogen (secondary N) is 1. The SMILES string of the molecule is Cc1sc2nc(SCC(=O)Nc3ccc(C(=O)N(C)C)cc3)nc(N)c2c1C. The zero-order valence-corrected chi connectivity index (χ0v) is 17.7. The Morgan fingerprint density at radius 3 is 2.50 bits per heavy atom. The largest absolute Gasteiger partial charge is 0.383 e. The maximum Gasteiger partial charge on any atom is 0.253 e. The maximum absolute atomic E-state index is 12.2. The molecule has 0 fully saturated rings. The van der Waals surface area contributed by atoms with Gasteiger partial charge in [-0.05, 0) is 43.7 Å². The van der Waals surface area contributed by atoms with Crippen LogP contribution in [0.1, 0.15) is 20.8 Å². The number of carbonyl (C=O) groups is 2. The third-order valence-corrected chi connectivity index (χ3v) is 6.14. The van der Waals surface area contributed by atoms with E-state index in [2.05, 4.69) is 15.3 Å². The quantitative estimate of drug-likeness (QED) is 0.490. The molecule has 3 rings (SSSR count). The minimum absolute atomic E-state index is 0.0855. The zero-order chi connectivity index (χ0) is 20.4. The number of aromatic nitrogens is 2. The number of aryl methyl sites for hydroxylation is 2. The minimum Gasteiger partial charge on any atom is -0.383 e. The van der Waals surface area contributed by atoms with Gasteiger partial charge < -0.3 is 16.0 Å². The fourth-order valence-electron chi connectivity index (χ4n) is 2.61. The number of rotatable bonds is 5. The summed E-state index contributed by atoms with van der Waals surface area (Å²) in [6.07, 6.45) is 0. The predicted molar refractivity (Wildman–Crippen MR) is 115 cm³/mol. The van der Waals surface area contributed by atoms with Crippen molar-refractivity contribution in [3.8, 4) is 0 Å². The first-order valence-electron chi connectivity index (χ1n) is 8.54. The molecule has 3 N–H and O–H groups in total. The summed E-state index contributed by atoms with van der Waals surface area (Å²) >= 11 is 2.81. The Morgan fingerprint density at radius 1 is 1.18 bits per heavy atom. The molecule has 0 atom stereocenters. The number of anilines is 2. The Kier molecular flexibility index (Phi) is 5.85. The number of nitrogen functional groups attached to an aromatic ring is 1. The van der Waals surface area contributed by atoms with Crippen molar-refractivity contribution in [2.24, 2.45) is 0 Å². The van der Waals surface area contributed by atoms with Gasteiger partial charge in [0.2, 0.25) is 5.91 Å². The molecular weight excluding hydrogens is 394 g/mol. The first-order valence-corrected chi connectivity index (χ1v) is 10.3. The molecule has 146 valence electrons. The minimum atomic E-state index is -0.183. The first-order chi connectivity index (χ1) is 13.3. The van der Waals surface area contributed by atoms with E-state index >= 15 is 0 Å². The van der Waals surface area contributed by atoms with Gasteiger partial charge in [-0.25, -0.2) is 9.97 Å². The normalized spacial score (nSPS) is 10.9. The van der Waals surface area contributed by atoms with Crippen LogP contribution in [0.5, 0.6) is 0 Å². The Morgan fingerprint density at radius 2 is 1.86 bits per heavy atom. The number of hydrogen-bond acceptors (Lipinski definition) is 7. The van der Waals surface area contributed by atoms with Gasteiger partial charge in [-0.3, -0.25) is 9.59 Å². The fourth-order valence-corrected chi connectivity index (χ4v) is 4.35. The summed E-state index contributed by atoms with van der Waals surface area (Å²) in [5.74, 6) is 0.332. The van der Waals surface area contributed by atoms with Crippen LogP contribution < -0.4 is 11.1 Å². The molecule has 7 nitrogen and oxygen atoms in total. The van der Waals surface area contributed by atoms with Crippen LogP contribution in [0.25, 0.3) is 10.2 Å². The second-order valence-electron chi connectivity index (χ2n) is 6.47. The van der Waals surface area contributed by atoms with Crippen LogP contribution in [0.3, 0.4) is 0 Å². The van der Waals surface area contributed by atoms with Gasteiger partial charge in [0, 0.05) is 30.2 Å². The lowest BCUT2D eigenvalue weighted by Crippen LogP contribution is -2.21. The standard InChI is InChI=1S/C19H21N5O2S2/c1-10-11(2)28-17-15(10)16(20)22-19(23-17)27-9-14(25)21-13-7-5-12(6-8-13)18(26)24(3)4/h5-8H,9H2,1-4H3,(H,21,25)(H2,20,22,23). The molecule has 2 heterocycles. The molecule has 0 aliphatic rings. The molecule has 9 heteroatoms. The van der Waals surface area contributed by atoms with Gasteiger partial charge in [-0.1, -0.05) is 11.8 Å². The molecule has 0 spiro atoms. The van der Waals surface area contributed by atoms with Crippen LogP contribution in [0.4, 0.5) is 11.5 Å². The molecule has 0 saturated heterocycles. The van der Waals surface area contributed by atoms with Crippen LogP contribution in [-0.4, -0.2) is 46.5 Å². The van der Waals surface area contributed by atoms with Crippen molar-refractivity contribution in [2.75, 3.05) is 30.9 Å². The van der Waals surface area contributed by atoms with E-state index in [0.717, 1.165) is 20.7 Å². The lowest BCUT2D eigenvalue weighted by Gasteiger charge is -2.11. The van der Waals surface area contributed by atoms with E-state index in [0.29, 0.717) is 22.2 Å². The summed E-state index contributed by atoms with van der Waals surface area (Å²) in [7, 11) is 3.39. The smallest absolute Gasteiger partial charge is 0.253 e. The van der Waals surface area contributed by atoms with E-state index in [1.54, 1.807) is 49.7 Å². The Balaban J connectivity index is 1.63. The molecule has 2 aromatic heterocycles. The summed E-state index contributed by atoms with van der Waals surface area (Å²) in [4.78, 5) is 36.5. The predicted octanol–water partition coefficient (Wildman–Crippen LogP) is 3.32. The van der Waals surface area contributed by atoms with Gasteiger partial charge in [-0.2, -0.15) is 0 Å². The molecule has 2 amide bonds. The van der Waals surface area contributed by atoms with Crippen LogP contribution in [-0.2, 0) is 4.79 Å². The monoisotopic (exact) mass is 415 g/mol. The molecule has 28 heavy (non-hydrogen) atoms. The van der Waals surface area contributed by atoms with Crippen LogP contribution in [0.2, 0.25) is 0 Å². The highest BCUT2D eigenvalue weighted by Gasteiger charge is 2.14. The van der Waals surface area contributed by atoms with Crippen molar-refractivity contribution in [3.63, 3.8) is 0 Å². The van der Waals surface area contributed by atoms with Gasteiger partial charge in [0.05, 0.1) is 11.1 Å². The van der Waals surface area contributed by atoms with Crippen molar-refractivity contribution in [2.45, 2.75) is 19.0 Å². The average molecular weight is 416 g/mol. The van der Waals surface area contributed by atoms with E-state index in [1.165, 1.54) is 16.7 Å². The van der Waals surface area contributed by atoms with Gasteiger partial charge in [-0.15, -0.1) is 11.3 Å². The Labute approximate surface area is 171 Å². The second-order valence-corrected chi connectivity index (χ2v) is 8.61. The lowest BCUT2D eigenvalue weighted by molar-refractivity contribution is -0.113. The van der Waals surface area contributed by atoms with E-state index in [-0.39, 0.29) is 17.6 Å². The van der Waals surface area contributed by atoms with Gasteiger partial charge in [0.25, 0.3) is 5.91 Å². The second kappa shape index (κ2) is 8.15. The number of fused-ring (bicyclic) bond motifs is 1. The average Bonchev–Trinajstić information content (AvgIpc) is 2.94. The van der Waals surface area contributed by atoms with Crippen molar-refractivity contribution in [1.82, 2.24) is 14.9 Å². The molecule has 1 aromatic carbocycles. The number of nitrogens with two attached hydrogens (primary N) is 1. The number of carbonyl (C=O) groups excluding carboxylic acids is 2. The third kappa shape index (κ3) is 4.26. The highest BCUT2D eigenvalue weighted by Crippen LogP contribution is 2.33. The summed E-state index contributed by atoms with van der Waals surface area (Å²) in [5, 5.41) is 4.18. The summed E-state index contributed by atoms with van der Waals surface area (Å²) < 4.78 is 0. The van der Waals surface area contributed by atoms with Crippen molar-refractivity contribution < 1.29 is 9.59 Å². The van der Waals surface area contributed by atoms with Gasteiger partial charge >= 0.3 is 0 Å². The topological polar surface area (TPSA) is 101 Å². The van der Waals surface area contributed by atoms with E-state index < -0.39 is 0 Å². The highest BCUT2D eigenvalue weighted by molar-refractivity contribution is 7.99. The van der Waals surface area contributed by atoms with Gasteiger partial charge in [0.1, 0.15) is 10.6 Å². The van der Waals surface area contributed by atoms with Crippen LogP contribution >= 0.6 is 23.1 Å². The molecule has 0 radical (unpaired) electrons. The molecule has 0 saturated carbocycles. The van der Waals surface area contributed by atoms with E-state index in [4.69, 9.17) is 5.73 Å². The molecular formula is C19H21N5O2S2. The zero-order valence-electron chi connectivity index (χ0n) is 16.1. The molecule has 3 aromatic rings. The van der Waals surface area contributed by atoms with Crippen molar-refractivity contribution in [3.05, 3.63) is 40.3 Å². The molecule has 0 unspecified atom stereocenters. The highest BCUT2D eigenvalue weighted by atomic mass is 32.2.